The summed E-state index contributed by atoms with van der Waals surface area (Å²) in [6, 6.07) is 19.7. The number of H-pyrrole nitrogens is 1. The second kappa shape index (κ2) is 9.18. The highest BCUT2D eigenvalue weighted by atomic mass is 16.1. The van der Waals surface area contributed by atoms with E-state index in [0.717, 1.165) is 22.2 Å². The summed E-state index contributed by atoms with van der Waals surface area (Å²) in [4.78, 5) is 15.5. The molecule has 2 aromatic heterocycles. The number of carbonyl (C=O) groups excluding carboxylic acids is 1. The van der Waals surface area contributed by atoms with Gasteiger partial charge in [-0.05, 0) is 43.0 Å². The summed E-state index contributed by atoms with van der Waals surface area (Å²) < 4.78 is 1.59. The zero-order valence-corrected chi connectivity index (χ0v) is 17.1. The molecule has 4 N–H and O–H groups in total. The van der Waals surface area contributed by atoms with Crippen molar-refractivity contribution in [2.75, 3.05) is 12.3 Å². The van der Waals surface area contributed by atoms with Gasteiger partial charge in [-0.3, -0.25) is 4.79 Å². The van der Waals surface area contributed by atoms with Crippen molar-refractivity contribution in [3.63, 3.8) is 0 Å². The van der Waals surface area contributed by atoms with E-state index in [4.69, 9.17) is 5.73 Å². The molecular weight excluding hydrogens is 388 g/mol. The molecule has 4 rings (SSSR count). The van der Waals surface area contributed by atoms with Crippen LogP contribution in [-0.4, -0.2) is 27.2 Å². The topological polar surface area (TPSA) is 113 Å². The molecule has 0 spiro atoms. The molecule has 156 valence electrons. The molecule has 0 aliphatic heterocycles. The Bertz CT molecular complexity index is 1230. The molecule has 4 aromatic rings. The SMILES string of the molecule is N#Cc1c(CCCNC(=O)CCc2c[nH]c3ccccc23)nn(-c2ccccc2)c1N. The molecule has 7 nitrogen and oxygen atoms in total. The Morgan fingerprint density at radius 3 is 2.71 bits per heavy atom. The van der Waals surface area contributed by atoms with Gasteiger partial charge in [0, 0.05) is 30.1 Å². The molecule has 0 atom stereocenters. The number of carbonyl (C=O) groups is 1. The number of nitrogen functional groups attached to an aromatic ring is 1. The molecule has 2 aromatic carbocycles. The first-order chi connectivity index (χ1) is 15.2. The molecule has 0 aliphatic carbocycles. The predicted octanol–water partition coefficient (Wildman–Crippen LogP) is 3.49. The number of hydrogen-bond donors (Lipinski definition) is 3. The number of nitrogens with two attached hydrogens (primary N) is 1. The lowest BCUT2D eigenvalue weighted by atomic mass is 10.1. The van der Waals surface area contributed by atoms with Crippen molar-refractivity contribution in [1.29, 1.82) is 5.26 Å². The standard InChI is InChI=1S/C24H24N6O/c25-15-20-22(29-30(24(20)26)18-7-2-1-3-8-18)11-6-14-27-23(31)13-12-17-16-28-21-10-5-4-9-19(17)21/h1-5,7-10,16,28H,6,11-14,26H2,(H,27,31). The van der Waals surface area contributed by atoms with Gasteiger partial charge in [-0.1, -0.05) is 36.4 Å². The maximum absolute atomic E-state index is 12.2. The van der Waals surface area contributed by atoms with Crippen molar-refractivity contribution < 1.29 is 4.79 Å². The van der Waals surface area contributed by atoms with E-state index in [1.54, 1.807) is 4.68 Å². The number of nitrogens with zero attached hydrogens (tertiary/aromatic N) is 3. The third-order valence-electron chi connectivity index (χ3n) is 5.32. The molecule has 2 heterocycles. The predicted molar refractivity (Wildman–Crippen MR) is 121 cm³/mol. The zero-order valence-electron chi connectivity index (χ0n) is 17.1. The van der Waals surface area contributed by atoms with Gasteiger partial charge in [-0.2, -0.15) is 10.4 Å². The largest absolute Gasteiger partial charge is 0.382 e. The molecule has 7 heteroatoms. The maximum Gasteiger partial charge on any atom is 0.220 e. The summed E-state index contributed by atoms with van der Waals surface area (Å²) in [7, 11) is 0. The van der Waals surface area contributed by atoms with Gasteiger partial charge in [0.15, 0.2) is 0 Å². The average molecular weight is 412 g/mol. The Labute approximate surface area is 180 Å². The van der Waals surface area contributed by atoms with E-state index in [0.29, 0.717) is 49.3 Å². The molecule has 0 radical (unpaired) electrons. The number of benzene rings is 2. The number of nitriles is 1. The third kappa shape index (κ3) is 4.43. The van der Waals surface area contributed by atoms with Crippen LogP contribution in [0.5, 0.6) is 0 Å². The second-order valence-electron chi connectivity index (χ2n) is 7.38. The first kappa shape index (κ1) is 20.2. The number of aromatic amines is 1. The minimum atomic E-state index is 0.0140. The van der Waals surface area contributed by atoms with Crippen LogP contribution in [-0.2, 0) is 17.6 Å². The highest BCUT2D eigenvalue weighted by molar-refractivity contribution is 5.84. The van der Waals surface area contributed by atoms with E-state index >= 15 is 0 Å². The van der Waals surface area contributed by atoms with Crippen molar-refractivity contribution in [3.8, 4) is 11.8 Å². The highest BCUT2D eigenvalue weighted by Crippen LogP contribution is 2.21. The van der Waals surface area contributed by atoms with Gasteiger partial charge in [0.25, 0.3) is 0 Å². The molecule has 0 saturated heterocycles. The van der Waals surface area contributed by atoms with E-state index in [1.807, 2.05) is 54.7 Å². The minimum absolute atomic E-state index is 0.0140. The van der Waals surface area contributed by atoms with Crippen LogP contribution in [0, 0.1) is 11.3 Å². The van der Waals surface area contributed by atoms with Crippen molar-refractivity contribution in [3.05, 3.63) is 77.6 Å². The number of fused-ring (bicyclic) bond motifs is 1. The van der Waals surface area contributed by atoms with Crippen molar-refractivity contribution in [2.45, 2.75) is 25.7 Å². The monoisotopic (exact) mass is 412 g/mol. The van der Waals surface area contributed by atoms with Crippen LogP contribution in [0.2, 0.25) is 0 Å². The van der Waals surface area contributed by atoms with E-state index in [9.17, 15) is 10.1 Å². The maximum atomic E-state index is 12.2. The van der Waals surface area contributed by atoms with Gasteiger partial charge in [0.2, 0.25) is 5.91 Å². The lowest BCUT2D eigenvalue weighted by Crippen LogP contribution is -2.25. The van der Waals surface area contributed by atoms with Crippen molar-refractivity contribution >= 4 is 22.6 Å². The summed E-state index contributed by atoms with van der Waals surface area (Å²) in [6.45, 7) is 0.524. The molecule has 1 amide bonds. The number of amides is 1. The van der Waals surface area contributed by atoms with Gasteiger partial charge in [0.05, 0.1) is 11.4 Å². The summed E-state index contributed by atoms with van der Waals surface area (Å²) in [6.07, 6.45) is 4.33. The van der Waals surface area contributed by atoms with Gasteiger partial charge >= 0.3 is 0 Å². The van der Waals surface area contributed by atoms with E-state index < -0.39 is 0 Å². The van der Waals surface area contributed by atoms with Crippen LogP contribution in [0.3, 0.4) is 0 Å². The van der Waals surface area contributed by atoms with E-state index in [2.05, 4.69) is 27.5 Å². The fourth-order valence-corrected chi connectivity index (χ4v) is 3.70. The third-order valence-corrected chi connectivity index (χ3v) is 5.32. The normalized spacial score (nSPS) is 10.8. The molecule has 0 saturated carbocycles. The van der Waals surface area contributed by atoms with Gasteiger partial charge in [-0.15, -0.1) is 0 Å². The van der Waals surface area contributed by atoms with Crippen LogP contribution < -0.4 is 11.1 Å². The Morgan fingerprint density at radius 1 is 1.13 bits per heavy atom. The molecule has 0 fully saturated rings. The molecule has 31 heavy (non-hydrogen) atoms. The number of aromatic nitrogens is 3. The first-order valence-corrected chi connectivity index (χ1v) is 10.3. The summed E-state index contributed by atoms with van der Waals surface area (Å²) in [5.74, 6) is 0.353. The molecular formula is C24H24N6O. The van der Waals surface area contributed by atoms with Crippen LogP contribution in [0.15, 0.2) is 60.8 Å². The molecule has 0 unspecified atom stereocenters. The number of aryl methyl sites for hydroxylation is 2. The smallest absolute Gasteiger partial charge is 0.220 e. The van der Waals surface area contributed by atoms with Gasteiger partial charge in [0.1, 0.15) is 17.5 Å². The second-order valence-corrected chi connectivity index (χ2v) is 7.38. The number of nitrogens with one attached hydrogen (secondary N) is 2. The Balaban J connectivity index is 1.29. The van der Waals surface area contributed by atoms with Crippen LogP contribution in [0.4, 0.5) is 5.82 Å². The zero-order chi connectivity index (χ0) is 21.6. The number of rotatable bonds is 8. The number of anilines is 1. The van der Waals surface area contributed by atoms with Gasteiger partial charge in [-0.25, -0.2) is 4.68 Å². The quantitative estimate of drug-likeness (QED) is 0.385. The van der Waals surface area contributed by atoms with Crippen LogP contribution >= 0.6 is 0 Å². The number of hydrogen-bond acceptors (Lipinski definition) is 4. The van der Waals surface area contributed by atoms with Crippen LogP contribution in [0.25, 0.3) is 16.6 Å². The number of para-hydroxylation sites is 2. The average Bonchev–Trinajstić information content (AvgIpc) is 3.36. The first-order valence-electron chi connectivity index (χ1n) is 10.3. The minimum Gasteiger partial charge on any atom is -0.382 e. The summed E-state index contributed by atoms with van der Waals surface area (Å²) in [5, 5.41) is 18.1. The Hall–Kier alpha value is -4.05. The van der Waals surface area contributed by atoms with Crippen molar-refractivity contribution in [2.24, 2.45) is 0 Å². The van der Waals surface area contributed by atoms with Gasteiger partial charge < -0.3 is 16.0 Å². The molecule has 0 aliphatic rings. The fraction of sp³-hybridized carbons (Fsp3) is 0.208. The summed E-state index contributed by atoms with van der Waals surface area (Å²) in [5.41, 5.74) is 10.2. The Kier molecular flexibility index (Phi) is 5.99. The highest BCUT2D eigenvalue weighted by Gasteiger charge is 2.16. The fourth-order valence-electron chi connectivity index (χ4n) is 3.70. The summed E-state index contributed by atoms with van der Waals surface area (Å²) >= 11 is 0. The van der Waals surface area contributed by atoms with Crippen LogP contribution in [0.1, 0.15) is 29.7 Å². The molecule has 0 bridgehead atoms. The lowest BCUT2D eigenvalue weighted by molar-refractivity contribution is -0.121. The van der Waals surface area contributed by atoms with Crippen molar-refractivity contribution in [1.82, 2.24) is 20.1 Å². The van der Waals surface area contributed by atoms with E-state index in [-0.39, 0.29) is 5.91 Å². The lowest BCUT2D eigenvalue weighted by Gasteiger charge is -2.05. The van der Waals surface area contributed by atoms with E-state index in [1.165, 1.54) is 0 Å². The Morgan fingerprint density at radius 2 is 1.90 bits per heavy atom.